The predicted molar refractivity (Wildman–Crippen MR) is 101 cm³/mol. The van der Waals surface area contributed by atoms with Crippen molar-refractivity contribution in [3.05, 3.63) is 65.6 Å². The second-order valence-electron chi connectivity index (χ2n) is 5.71. The summed E-state index contributed by atoms with van der Waals surface area (Å²) < 4.78 is 6.79. The first kappa shape index (κ1) is 18.1. The lowest BCUT2D eigenvalue weighted by Crippen LogP contribution is -2.07. The number of carbonyl (C=O) groups is 1. The fraction of sp³-hybridized carbons (Fsp3) is 0.158. The first-order valence-corrected chi connectivity index (χ1v) is 8.22. The molecule has 8 nitrogen and oxygen atoms in total. The van der Waals surface area contributed by atoms with Crippen molar-refractivity contribution in [3.8, 4) is 11.6 Å². The predicted octanol–water partition coefficient (Wildman–Crippen LogP) is 2.69. The molecule has 27 heavy (non-hydrogen) atoms. The molecule has 0 fully saturated rings. The van der Waals surface area contributed by atoms with Crippen molar-refractivity contribution in [2.45, 2.75) is 13.5 Å². The molecule has 1 aromatic carbocycles. The van der Waals surface area contributed by atoms with Crippen LogP contribution in [0.2, 0.25) is 0 Å². The van der Waals surface area contributed by atoms with Gasteiger partial charge in [-0.25, -0.2) is 14.5 Å². The van der Waals surface area contributed by atoms with E-state index in [1.807, 2.05) is 31.2 Å². The van der Waals surface area contributed by atoms with Crippen LogP contribution in [0.5, 0.6) is 5.75 Å². The highest BCUT2D eigenvalue weighted by molar-refractivity contribution is 5.85. The molecule has 0 unspecified atom stereocenters. The van der Waals surface area contributed by atoms with Gasteiger partial charge in [0.1, 0.15) is 5.75 Å². The molecule has 0 amide bonds. The minimum Gasteiger partial charge on any atom is -0.497 e. The van der Waals surface area contributed by atoms with Crippen molar-refractivity contribution in [2.75, 3.05) is 12.4 Å². The number of hydrogen-bond acceptors (Lipinski definition) is 6. The number of nitrogens with zero attached hydrogens (tertiary/aromatic N) is 4. The Kier molecular flexibility index (Phi) is 5.46. The summed E-state index contributed by atoms with van der Waals surface area (Å²) in [6, 6.07) is 9.47. The lowest BCUT2D eigenvalue weighted by atomic mass is 10.2. The number of ether oxygens (including phenoxy) is 1. The van der Waals surface area contributed by atoms with Crippen LogP contribution in [0.3, 0.4) is 0 Å². The van der Waals surface area contributed by atoms with Gasteiger partial charge in [0.2, 0.25) is 5.95 Å². The minimum absolute atomic E-state index is 0.473. The van der Waals surface area contributed by atoms with Crippen molar-refractivity contribution in [1.29, 1.82) is 0 Å². The van der Waals surface area contributed by atoms with Gasteiger partial charge < -0.3 is 15.2 Å². The summed E-state index contributed by atoms with van der Waals surface area (Å²) in [7, 11) is 1.63. The first-order chi connectivity index (χ1) is 13.1. The van der Waals surface area contributed by atoms with Crippen LogP contribution >= 0.6 is 0 Å². The average Bonchev–Trinajstić information content (AvgIpc) is 3.06. The topological polar surface area (TPSA) is 102 Å². The smallest absolute Gasteiger partial charge is 0.328 e. The summed E-state index contributed by atoms with van der Waals surface area (Å²) in [5, 5.41) is 16.2. The number of hydrogen-bond donors (Lipinski definition) is 2. The summed E-state index contributed by atoms with van der Waals surface area (Å²) >= 11 is 0. The molecule has 0 atom stereocenters. The number of aromatic nitrogens is 4. The molecule has 0 aliphatic heterocycles. The van der Waals surface area contributed by atoms with Crippen molar-refractivity contribution >= 4 is 18.0 Å². The zero-order valence-corrected chi connectivity index (χ0v) is 15.0. The lowest BCUT2D eigenvalue weighted by molar-refractivity contribution is -0.131. The van der Waals surface area contributed by atoms with Gasteiger partial charge in [-0.1, -0.05) is 12.1 Å². The number of anilines is 1. The largest absolute Gasteiger partial charge is 0.497 e. The summed E-state index contributed by atoms with van der Waals surface area (Å²) in [5.41, 5.74) is 2.57. The lowest BCUT2D eigenvalue weighted by Gasteiger charge is -2.08. The van der Waals surface area contributed by atoms with E-state index in [1.54, 1.807) is 30.3 Å². The van der Waals surface area contributed by atoms with Gasteiger partial charge >= 0.3 is 5.97 Å². The quantitative estimate of drug-likeness (QED) is 0.621. The van der Waals surface area contributed by atoms with Gasteiger partial charge in [0.15, 0.2) is 5.82 Å². The van der Waals surface area contributed by atoms with Crippen molar-refractivity contribution < 1.29 is 14.6 Å². The molecule has 8 heteroatoms. The van der Waals surface area contributed by atoms with Gasteiger partial charge in [-0.05, 0) is 30.7 Å². The van der Waals surface area contributed by atoms with E-state index in [9.17, 15) is 4.79 Å². The van der Waals surface area contributed by atoms with Crippen LogP contribution in [-0.4, -0.2) is 37.9 Å². The monoisotopic (exact) mass is 365 g/mol. The van der Waals surface area contributed by atoms with Crippen LogP contribution in [0.4, 0.5) is 5.95 Å². The number of aliphatic carboxylic acids is 1. The first-order valence-electron chi connectivity index (χ1n) is 8.22. The molecule has 0 saturated carbocycles. The zero-order chi connectivity index (χ0) is 19.2. The molecule has 3 aromatic rings. The zero-order valence-electron chi connectivity index (χ0n) is 15.0. The average molecular weight is 365 g/mol. The maximum absolute atomic E-state index is 10.7. The number of carboxylic acids is 1. The Labute approximate surface area is 156 Å². The van der Waals surface area contributed by atoms with Crippen molar-refractivity contribution in [3.63, 3.8) is 0 Å². The van der Waals surface area contributed by atoms with Gasteiger partial charge in [0, 0.05) is 30.4 Å². The van der Waals surface area contributed by atoms with E-state index in [2.05, 4.69) is 20.4 Å². The SMILES string of the molecule is COc1ccc(CNc2nccc(-n3ncc(/C=C/C(=O)O)c3C)n2)cc1. The van der Waals surface area contributed by atoms with E-state index < -0.39 is 5.97 Å². The summed E-state index contributed by atoms with van der Waals surface area (Å²) in [4.78, 5) is 19.4. The third kappa shape index (κ3) is 4.49. The Morgan fingerprint density at radius 2 is 2.07 bits per heavy atom. The maximum atomic E-state index is 10.7. The second-order valence-corrected chi connectivity index (χ2v) is 5.71. The summed E-state index contributed by atoms with van der Waals surface area (Å²) in [6.45, 7) is 2.42. The van der Waals surface area contributed by atoms with Gasteiger partial charge in [-0.2, -0.15) is 10.1 Å². The molecule has 0 saturated heterocycles. The van der Waals surface area contributed by atoms with Crippen LogP contribution in [0.25, 0.3) is 11.9 Å². The number of benzene rings is 1. The van der Waals surface area contributed by atoms with Crippen LogP contribution in [0.15, 0.2) is 48.8 Å². The Morgan fingerprint density at radius 1 is 1.30 bits per heavy atom. The highest BCUT2D eigenvalue weighted by Gasteiger charge is 2.09. The standard InChI is InChI=1S/C19H19N5O3/c1-13-15(5-8-18(25)26)12-22-24(13)17-9-10-20-19(23-17)21-11-14-3-6-16(27-2)7-4-14/h3-10,12H,11H2,1-2H3,(H,25,26)(H,20,21,23)/b8-5+. The molecule has 2 aromatic heterocycles. The maximum Gasteiger partial charge on any atom is 0.328 e. The molecule has 0 spiro atoms. The van der Waals surface area contributed by atoms with Gasteiger partial charge in [0.05, 0.1) is 19.0 Å². The third-order valence-electron chi connectivity index (χ3n) is 3.92. The molecule has 2 heterocycles. The van der Waals surface area contributed by atoms with E-state index in [0.717, 1.165) is 23.1 Å². The number of methoxy groups -OCH3 is 1. The van der Waals surface area contributed by atoms with Crippen LogP contribution in [0.1, 0.15) is 16.8 Å². The van der Waals surface area contributed by atoms with Gasteiger partial charge in [-0.3, -0.25) is 0 Å². The number of nitrogens with one attached hydrogen (secondary N) is 1. The van der Waals surface area contributed by atoms with E-state index >= 15 is 0 Å². The molecular formula is C19H19N5O3. The van der Waals surface area contributed by atoms with E-state index in [0.29, 0.717) is 23.9 Å². The third-order valence-corrected chi connectivity index (χ3v) is 3.92. The summed E-state index contributed by atoms with van der Waals surface area (Å²) in [5.74, 6) is 0.865. The number of carboxylic acid groups (broad SMARTS) is 1. The van der Waals surface area contributed by atoms with E-state index in [1.165, 1.54) is 6.08 Å². The molecule has 0 radical (unpaired) electrons. The Bertz CT molecular complexity index is 964. The fourth-order valence-electron chi connectivity index (χ4n) is 2.45. The highest BCUT2D eigenvalue weighted by Crippen LogP contribution is 2.16. The van der Waals surface area contributed by atoms with E-state index in [-0.39, 0.29) is 0 Å². The van der Waals surface area contributed by atoms with Crippen LogP contribution < -0.4 is 10.1 Å². The normalized spacial score (nSPS) is 10.9. The second kappa shape index (κ2) is 8.13. The van der Waals surface area contributed by atoms with Gasteiger partial charge in [-0.15, -0.1) is 0 Å². The molecule has 138 valence electrons. The summed E-state index contributed by atoms with van der Waals surface area (Å²) in [6.07, 6.45) is 5.83. The molecular weight excluding hydrogens is 346 g/mol. The highest BCUT2D eigenvalue weighted by atomic mass is 16.5. The van der Waals surface area contributed by atoms with Gasteiger partial charge in [0.25, 0.3) is 0 Å². The molecule has 3 rings (SSSR count). The molecule has 0 bridgehead atoms. The molecule has 0 aliphatic carbocycles. The Balaban J connectivity index is 1.74. The fourth-order valence-corrected chi connectivity index (χ4v) is 2.45. The Hall–Kier alpha value is -3.68. The Morgan fingerprint density at radius 3 is 2.78 bits per heavy atom. The molecule has 0 aliphatic rings. The number of rotatable bonds is 7. The van der Waals surface area contributed by atoms with Crippen LogP contribution in [-0.2, 0) is 11.3 Å². The van der Waals surface area contributed by atoms with Crippen molar-refractivity contribution in [2.24, 2.45) is 0 Å². The van der Waals surface area contributed by atoms with Crippen molar-refractivity contribution in [1.82, 2.24) is 19.7 Å². The minimum atomic E-state index is -1.01. The molecule has 2 N–H and O–H groups in total. The van der Waals surface area contributed by atoms with Crippen LogP contribution in [0, 0.1) is 6.92 Å². The van der Waals surface area contributed by atoms with E-state index in [4.69, 9.17) is 9.84 Å².